The highest BCUT2D eigenvalue weighted by Crippen LogP contribution is 2.15. The van der Waals surface area contributed by atoms with Gasteiger partial charge in [0.1, 0.15) is 6.04 Å². The Balaban J connectivity index is 3.80. The number of hydrogen-bond donors (Lipinski definition) is 1. The highest BCUT2D eigenvalue weighted by atomic mass is 79.9. The van der Waals surface area contributed by atoms with Gasteiger partial charge in [0.25, 0.3) is 0 Å². The highest BCUT2D eigenvalue weighted by Gasteiger charge is 2.21. The molecule has 0 heterocycles. The average molecular weight is 263 g/mol. The molecule has 0 aliphatic heterocycles. The molecule has 0 saturated heterocycles. The molecule has 0 aliphatic carbocycles. The third-order valence-electron chi connectivity index (χ3n) is 1.12. The van der Waals surface area contributed by atoms with Gasteiger partial charge in [-0.15, -0.1) is 3.45 Å². The lowest BCUT2D eigenvalue weighted by atomic mass is 10.2. The van der Waals surface area contributed by atoms with E-state index >= 15 is 0 Å². The van der Waals surface area contributed by atoms with Gasteiger partial charge in [-0.2, -0.15) is 11.8 Å². The topological polar surface area (TPSA) is 40.5 Å². The largest absolute Gasteiger partial charge is 0.480 e. The molecule has 11 heavy (non-hydrogen) atoms. The van der Waals surface area contributed by atoms with Crippen LogP contribution in [0.4, 0.5) is 0 Å². The average Bonchev–Trinajstić information content (AvgIpc) is 1.87. The summed E-state index contributed by atoms with van der Waals surface area (Å²) in [5, 5.41) is 8.60. The maximum atomic E-state index is 10.5. The fourth-order valence-corrected chi connectivity index (χ4v) is 1.55. The summed E-state index contributed by atoms with van der Waals surface area (Å²) < 4.78 is 1.02. The van der Waals surface area contributed by atoms with E-state index in [1.807, 2.05) is 6.26 Å². The van der Waals surface area contributed by atoms with Crippen molar-refractivity contribution >= 4 is 45.7 Å². The number of thioether (sulfide) groups is 1. The van der Waals surface area contributed by atoms with Crippen molar-refractivity contribution in [2.45, 2.75) is 12.5 Å². The molecule has 0 fully saturated rings. The van der Waals surface area contributed by atoms with Gasteiger partial charge in [-0.25, -0.2) is 0 Å². The molecule has 6 heteroatoms. The van der Waals surface area contributed by atoms with Crippen molar-refractivity contribution in [1.29, 1.82) is 0 Å². The van der Waals surface area contributed by atoms with Crippen LogP contribution in [0.1, 0.15) is 6.42 Å². The zero-order chi connectivity index (χ0) is 8.85. The molecule has 3 nitrogen and oxygen atoms in total. The van der Waals surface area contributed by atoms with Gasteiger partial charge in [0.05, 0.1) is 0 Å². The molecule has 0 spiro atoms. The van der Waals surface area contributed by atoms with Crippen LogP contribution >= 0.6 is 39.7 Å². The minimum Gasteiger partial charge on any atom is -0.480 e. The fraction of sp³-hybridized carbons (Fsp3) is 0.800. The quantitative estimate of drug-likeness (QED) is 0.769. The summed E-state index contributed by atoms with van der Waals surface area (Å²) in [5.41, 5.74) is 0. The minimum absolute atomic E-state index is 0.533. The van der Waals surface area contributed by atoms with Crippen molar-refractivity contribution in [3.8, 4) is 0 Å². The van der Waals surface area contributed by atoms with E-state index in [2.05, 4.69) is 16.1 Å². The summed E-state index contributed by atoms with van der Waals surface area (Å²) in [4.78, 5) is 10.5. The molecule has 0 rings (SSSR count). The Morgan fingerprint density at radius 2 is 2.45 bits per heavy atom. The number of hydrogen-bond acceptors (Lipinski definition) is 3. The second kappa shape index (κ2) is 6.11. The summed E-state index contributed by atoms with van der Waals surface area (Å²) >= 11 is 9.91. The Morgan fingerprint density at radius 1 is 1.91 bits per heavy atom. The van der Waals surface area contributed by atoms with Gasteiger partial charge < -0.3 is 5.11 Å². The minimum atomic E-state index is -0.911. The second-order valence-corrected chi connectivity index (χ2v) is 4.42. The van der Waals surface area contributed by atoms with E-state index in [9.17, 15) is 4.79 Å². The zero-order valence-electron chi connectivity index (χ0n) is 5.96. The van der Waals surface area contributed by atoms with Crippen LogP contribution in [0.2, 0.25) is 0 Å². The molecule has 1 atom stereocenters. The van der Waals surface area contributed by atoms with E-state index < -0.39 is 12.0 Å². The molecular formula is C5H9BrClNO2S. The predicted octanol–water partition coefficient (Wildman–Crippen LogP) is 1.96. The maximum absolute atomic E-state index is 10.5. The lowest BCUT2D eigenvalue weighted by molar-refractivity contribution is -0.140. The third-order valence-corrected chi connectivity index (χ3v) is 2.49. The first kappa shape index (κ1) is 11.6. The lowest BCUT2D eigenvalue weighted by Gasteiger charge is -2.13. The molecule has 1 N–H and O–H groups in total. The lowest BCUT2D eigenvalue weighted by Crippen LogP contribution is -2.29. The van der Waals surface area contributed by atoms with Crippen LogP contribution in [0.25, 0.3) is 0 Å². The van der Waals surface area contributed by atoms with Gasteiger partial charge >= 0.3 is 5.97 Å². The smallest absolute Gasteiger partial charge is 0.323 e. The molecule has 0 aromatic rings. The fourth-order valence-electron chi connectivity index (χ4n) is 0.534. The summed E-state index contributed by atoms with van der Waals surface area (Å²) in [5.74, 6) is -0.128. The standard InChI is InChI=1S/C5H9BrClNO2S/c1-11-3-2-4(5(9)10)8(6)7/h4H,2-3H2,1H3,(H,9,10). The highest BCUT2D eigenvalue weighted by molar-refractivity contribution is 9.08. The van der Waals surface area contributed by atoms with Gasteiger partial charge in [0.2, 0.25) is 0 Å². The molecule has 0 radical (unpaired) electrons. The van der Waals surface area contributed by atoms with Crippen molar-refractivity contribution in [1.82, 2.24) is 3.45 Å². The summed E-state index contributed by atoms with van der Waals surface area (Å²) in [6.45, 7) is 0. The van der Waals surface area contributed by atoms with Gasteiger partial charge in [0, 0.05) is 16.1 Å². The second-order valence-electron chi connectivity index (χ2n) is 1.89. The molecule has 0 aromatic carbocycles. The van der Waals surface area contributed by atoms with Crippen molar-refractivity contribution < 1.29 is 9.90 Å². The van der Waals surface area contributed by atoms with E-state index in [0.717, 1.165) is 9.20 Å². The normalized spacial score (nSPS) is 13.5. The number of carbonyl (C=O) groups is 1. The molecule has 0 amide bonds. The molecule has 1 unspecified atom stereocenters. The Hall–Kier alpha value is 0.550. The first-order valence-electron chi connectivity index (χ1n) is 2.92. The number of carboxylic acids is 1. The van der Waals surface area contributed by atoms with E-state index in [1.54, 1.807) is 11.8 Å². The molecular weight excluding hydrogens is 253 g/mol. The predicted molar refractivity (Wildman–Crippen MR) is 51.0 cm³/mol. The Morgan fingerprint density at radius 3 is 2.73 bits per heavy atom. The van der Waals surface area contributed by atoms with Crippen molar-refractivity contribution in [2.75, 3.05) is 12.0 Å². The SMILES string of the molecule is CSCCC(C(=O)O)N(Cl)Br. The maximum Gasteiger partial charge on any atom is 0.323 e. The Kier molecular flexibility index (Phi) is 6.41. The van der Waals surface area contributed by atoms with Gasteiger partial charge in [-0.3, -0.25) is 4.79 Å². The van der Waals surface area contributed by atoms with Crippen LogP contribution in [0.5, 0.6) is 0 Å². The third kappa shape index (κ3) is 4.90. The van der Waals surface area contributed by atoms with Gasteiger partial charge in [0.15, 0.2) is 0 Å². The van der Waals surface area contributed by atoms with E-state index in [1.165, 1.54) is 0 Å². The molecule has 0 saturated carbocycles. The van der Waals surface area contributed by atoms with Crippen LogP contribution in [0.3, 0.4) is 0 Å². The zero-order valence-corrected chi connectivity index (χ0v) is 9.12. The van der Waals surface area contributed by atoms with E-state index in [0.29, 0.717) is 6.42 Å². The summed E-state index contributed by atoms with van der Waals surface area (Å²) in [6, 6.07) is -0.649. The Bertz CT molecular complexity index is 136. The van der Waals surface area contributed by atoms with Crippen LogP contribution in [-0.2, 0) is 4.79 Å². The van der Waals surface area contributed by atoms with E-state index in [4.69, 9.17) is 16.9 Å². The molecule has 0 aliphatic rings. The number of nitrogens with zero attached hydrogens (tertiary/aromatic N) is 1. The van der Waals surface area contributed by atoms with Crippen LogP contribution < -0.4 is 0 Å². The van der Waals surface area contributed by atoms with Gasteiger partial charge in [-0.1, -0.05) is 0 Å². The first-order valence-corrected chi connectivity index (χ1v) is 5.36. The number of rotatable bonds is 5. The first-order chi connectivity index (χ1) is 5.09. The van der Waals surface area contributed by atoms with Crippen LogP contribution in [0, 0.1) is 0 Å². The van der Waals surface area contributed by atoms with Crippen molar-refractivity contribution in [3.63, 3.8) is 0 Å². The summed E-state index contributed by atoms with van der Waals surface area (Å²) in [7, 11) is 0. The van der Waals surface area contributed by atoms with Crippen molar-refractivity contribution in [3.05, 3.63) is 0 Å². The number of aliphatic carboxylic acids is 1. The van der Waals surface area contributed by atoms with Crippen LogP contribution in [0.15, 0.2) is 0 Å². The van der Waals surface area contributed by atoms with Crippen molar-refractivity contribution in [2.24, 2.45) is 0 Å². The number of carboxylic acid groups (broad SMARTS) is 1. The molecule has 0 bridgehead atoms. The molecule has 66 valence electrons. The van der Waals surface area contributed by atoms with E-state index in [-0.39, 0.29) is 0 Å². The van der Waals surface area contributed by atoms with Gasteiger partial charge in [-0.05, 0) is 30.2 Å². The summed E-state index contributed by atoms with van der Waals surface area (Å²) in [6.07, 6.45) is 2.46. The Labute approximate surface area is 83.5 Å². The van der Waals surface area contributed by atoms with Crippen LogP contribution in [-0.4, -0.2) is 32.6 Å². The molecule has 0 aromatic heterocycles. The number of halogens is 2. The monoisotopic (exact) mass is 261 g/mol.